The largest absolute Gasteiger partial charge is 0.478 e. The van der Waals surface area contributed by atoms with Crippen molar-refractivity contribution in [1.82, 2.24) is 4.90 Å². The van der Waals surface area contributed by atoms with Crippen molar-refractivity contribution in [3.8, 4) is 0 Å². The lowest BCUT2D eigenvalue weighted by Crippen LogP contribution is -2.44. The summed E-state index contributed by atoms with van der Waals surface area (Å²) in [6.45, 7) is 10.1. The molecule has 0 spiro atoms. The predicted octanol–water partition coefficient (Wildman–Crippen LogP) is 3.44. The van der Waals surface area contributed by atoms with Crippen molar-refractivity contribution < 1.29 is 19.4 Å². The number of unbranched alkanes of at least 4 members (excludes halogenated alkanes) is 1. The van der Waals surface area contributed by atoms with E-state index in [-0.39, 0.29) is 12.5 Å². The second-order valence-corrected chi connectivity index (χ2v) is 6.67. The topological polar surface area (TPSA) is 66.8 Å². The Hall–Kier alpha value is -1.52. The predicted molar refractivity (Wildman–Crippen MR) is 81.2 cm³/mol. The van der Waals surface area contributed by atoms with Gasteiger partial charge in [0, 0.05) is 6.54 Å². The normalized spacial score (nSPS) is 19.7. The van der Waals surface area contributed by atoms with E-state index in [0.717, 1.165) is 24.8 Å². The fourth-order valence-corrected chi connectivity index (χ4v) is 2.49. The van der Waals surface area contributed by atoms with Crippen LogP contribution in [0, 0.1) is 5.92 Å². The summed E-state index contributed by atoms with van der Waals surface area (Å²) in [6, 6.07) is 0. The molecule has 5 nitrogen and oxygen atoms in total. The molecule has 0 radical (unpaired) electrons. The number of rotatable bonds is 4. The molecule has 0 fully saturated rings. The van der Waals surface area contributed by atoms with Crippen LogP contribution in [0.2, 0.25) is 0 Å². The summed E-state index contributed by atoms with van der Waals surface area (Å²) < 4.78 is 5.36. The molecular weight excluding hydrogens is 270 g/mol. The number of carbonyl (C=O) groups excluding carboxylic acids is 1. The van der Waals surface area contributed by atoms with Gasteiger partial charge in [-0.05, 0) is 40.0 Å². The third kappa shape index (κ3) is 5.06. The van der Waals surface area contributed by atoms with Crippen LogP contribution < -0.4 is 0 Å². The van der Waals surface area contributed by atoms with Crippen molar-refractivity contribution in [2.24, 2.45) is 5.92 Å². The third-order valence-corrected chi connectivity index (χ3v) is 3.69. The Kier molecular flexibility index (Phi) is 5.81. The summed E-state index contributed by atoms with van der Waals surface area (Å²) >= 11 is 0. The van der Waals surface area contributed by atoms with Gasteiger partial charge in [-0.2, -0.15) is 0 Å². The fraction of sp³-hybridized carbons (Fsp3) is 0.750. The molecule has 120 valence electrons. The summed E-state index contributed by atoms with van der Waals surface area (Å²) in [6.07, 6.45) is 2.55. The van der Waals surface area contributed by atoms with Crippen molar-refractivity contribution >= 4 is 12.1 Å². The molecule has 5 heteroatoms. The molecule has 21 heavy (non-hydrogen) atoms. The monoisotopic (exact) mass is 297 g/mol. The minimum atomic E-state index is -0.942. The molecule has 1 unspecified atom stereocenters. The number of amides is 1. The maximum Gasteiger partial charge on any atom is 0.410 e. The van der Waals surface area contributed by atoms with Crippen LogP contribution in [0.1, 0.15) is 53.9 Å². The van der Waals surface area contributed by atoms with E-state index in [9.17, 15) is 14.7 Å². The Morgan fingerprint density at radius 3 is 2.48 bits per heavy atom. The van der Waals surface area contributed by atoms with E-state index in [1.807, 2.05) is 27.7 Å². The first-order valence-corrected chi connectivity index (χ1v) is 7.56. The first-order chi connectivity index (χ1) is 9.65. The lowest BCUT2D eigenvalue weighted by atomic mass is 9.87. The molecule has 0 saturated carbocycles. The molecule has 0 aromatic carbocycles. The summed E-state index contributed by atoms with van der Waals surface area (Å²) in [5, 5.41) is 9.35. The van der Waals surface area contributed by atoms with E-state index in [1.54, 1.807) is 0 Å². The van der Waals surface area contributed by atoms with E-state index in [4.69, 9.17) is 4.74 Å². The highest BCUT2D eigenvalue weighted by Crippen LogP contribution is 2.28. The van der Waals surface area contributed by atoms with Gasteiger partial charge in [-0.25, -0.2) is 9.59 Å². The highest BCUT2D eigenvalue weighted by Gasteiger charge is 2.32. The smallest absolute Gasteiger partial charge is 0.410 e. The van der Waals surface area contributed by atoms with Gasteiger partial charge in [-0.1, -0.05) is 25.3 Å². The molecule has 1 amide bonds. The molecular formula is C16H27NO4. The van der Waals surface area contributed by atoms with Gasteiger partial charge in [0.25, 0.3) is 0 Å². The quantitative estimate of drug-likeness (QED) is 0.863. The van der Waals surface area contributed by atoms with E-state index >= 15 is 0 Å². The molecule has 0 aromatic heterocycles. The number of carbonyl (C=O) groups is 2. The highest BCUT2D eigenvalue weighted by molar-refractivity contribution is 5.89. The number of nitrogens with zero attached hydrogens (tertiary/aromatic N) is 1. The molecule has 1 rings (SSSR count). The minimum Gasteiger partial charge on any atom is -0.478 e. The highest BCUT2D eigenvalue weighted by atomic mass is 16.6. The Balaban J connectivity index is 2.91. The average Bonchev–Trinajstić information content (AvgIpc) is 2.35. The zero-order valence-corrected chi connectivity index (χ0v) is 13.7. The fourth-order valence-electron chi connectivity index (χ4n) is 2.49. The second-order valence-electron chi connectivity index (χ2n) is 6.67. The van der Waals surface area contributed by atoms with Crippen LogP contribution in [0.25, 0.3) is 0 Å². The van der Waals surface area contributed by atoms with Crippen molar-refractivity contribution in [1.29, 1.82) is 0 Å². The second kappa shape index (κ2) is 6.96. The van der Waals surface area contributed by atoms with Crippen LogP contribution in [0.15, 0.2) is 11.1 Å². The van der Waals surface area contributed by atoms with Gasteiger partial charge in [0.1, 0.15) is 5.60 Å². The molecule has 1 aliphatic rings. The summed E-state index contributed by atoms with van der Waals surface area (Å²) in [4.78, 5) is 25.1. The Labute approximate surface area is 127 Å². The van der Waals surface area contributed by atoms with Crippen LogP contribution in [0.3, 0.4) is 0 Å². The summed E-state index contributed by atoms with van der Waals surface area (Å²) in [5.41, 5.74) is 0.652. The van der Waals surface area contributed by atoms with E-state index in [2.05, 4.69) is 6.92 Å². The van der Waals surface area contributed by atoms with Crippen LogP contribution in [-0.2, 0) is 9.53 Å². The Morgan fingerprint density at radius 2 is 2.00 bits per heavy atom. The van der Waals surface area contributed by atoms with Gasteiger partial charge in [0.05, 0.1) is 12.1 Å². The molecule has 1 N–H and O–H groups in total. The van der Waals surface area contributed by atoms with Gasteiger partial charge in [-0.3, -0.25) is 0 Å². The standard InChI is InChI=1S/C16H27NO4/c1-6-7-8-12-9-17(15(20)21-16(3,4)5)10-13(11(12)2)14(18)19/h12H,6-10H2,1-5H3,(H,18,19). The number of ether oxygens (including phenoxy) is 1. The maximum absolute atomic E-state index is 12.2. The number of carboxylic acids is 1. The average molecular weight is 297 g/mol. The lowest BCUT2D eigenvalue weighted by molar-refractivity contribution is -0.133. The Bertz CT molecular complexity index is 434. The number of hydrogen-bond acceptors (Lipinski definition) is 3. The van der Waals surface area contributed by atoms with Crippen molar-refractivity contribution in [3.63, 3.8) is 0 Å². The van der Waals surface area contributed by atoms with Crippen LogP contribution >= 0.6 is 0 Å². The van der Waals surface area contributed by atoms with Gasteiger partial charge < -0.3 is 14.7 Å². The molecule has 0 saturated heterocycles. The van der Waals surface area contributed by atoms with E-state index < -0.39 is 17.7 Å². The van der Waals surface area contributed by atoms with Gasteiger partial charge in [-0.15, -0.1) is 0 Å². The zero-order chi connectivity index (χ0) is 16.2. The summed E-state index contributed by atoms with van der Waals surface area (Å²) in [5.74, 6) is -0.834. The number of carboxylic acid groups (broad SMARTS) is 1. The first kappa shape index (κ1) is 17.5. The molecule has 1 aliphatic heterocycles. The molecule has 1 heterocycles. The van der Waals surface area contributed by atoms with Crippen LogP contribution in [0.5, 0.6) is 0 Å². The van der Waals surface area contributed by atoms with E-state index in [1.165, 1.54) is 4.90 Å². The Morgan fingerprint density at radius 1 is 1.38 bits per heavy atom. The van der Waals surface area contributed by atoms with Crippen molar-refractivity contribution in [2.45, 2.75) is 59.5 Å². The minimum absolute atomic E-state index is 0.109. The lowest BCUT2D eigenvalue weighted by Gasteiger charge is -2.35. The molecule has 0 aromatic rings. The number of hydrogen-bond donors (Lipinski definition) is 1. The first-order valence-electron chi connectivity index (χ1n) is 7.56. The number of aliphatic carboxylic acids is 1. The zero-order valence-electron chi connectivity index (χ0n) is 13.7. The molecule has 1 atom stereocenters. The van der Waals surface area contributed by atoms with E-state index in [0.29, 0.717) is 12.1 Å². The molecule has 0 aliphatic carbocycles. The van der Waals surface area contributed by atoms with Crippen LogP contribution in [0.4, 0.5) is 4.79 Å². The van der Waals surface area contributed by atoms with Gasteiger partial charge in [0.2, 0.25) is 0 Å². The van der Waals surface area contributed by atoms with Crippen molar-refractivity contribution in [2.75, 3.05) is 13.1 Å². The maximum atomic E-state index is 12.2. The third-order valence-electron chi connectivity index (χ3n) is 3.69. The van der Waals surface area contributed by atoms with Gasteiger partial charge in [0.15, 0.2) is 0 Å². The molecule has 0 bridgehead atoms. The van der Waals surface area contributed by atoms with Gasteiger partial charge >= 0.3 is 12.1 Å². The van der Waals surface area contributed by atoms with Crippen molar-refractivity contribution in [3.05, 3.63) is 11.1 Å². The van der Waals surface area contributed by atoms with Crippen LogP contribution in [-0.4, -0.2) is 40.8 Å². The SMILES string of the molecule is CCCCC1CN(C(=O)OC(C)(C)C)CC(C(=O)O)=C1C. The summed E-state index contributed by atoms with van der Waals surface area (Å²) in [7, 11) is 0.